The average molecular weight is 233 g/mol. The van der Waals surface area contributed by atoms with Gasteiger partial charge in [-0.2, -0.15) is 0 Å². The van der Waals surface area contributed by atoms with Crippen molar-refractivity contribution in [2.75, 3.05) is 12.4 Å². The molecule has 0 aromatic heterocycles. The minimum atomic E-state index is -0.277. The van der Waals surface area contributed by atoms with Crippen LogP contribution in [0, 0.1) is 5.82 Å². The van der Waals surface area contributed by atoms with Gasteiger partial charge in [0.15, 0.2) is 0 Å². The monoisotopic (exact) mass is 232 g/mol. The van der Waals surface area contributed by atoms with Gasteiger partial charge < -0.3 is 11.1 Å². The van der Waals surface area contributed by atoms with E-state index in [0.717, 1.165) is 10.0 Å². The van der Waals surface area contributed by atoms with Gasteiger partial charge in [0, 0.05) is 18.1 Å². The van der Waals surface area contributed by atoms with Gasteiger partial charge in [-0.1, -0.05) is 15.9 Å². The van der Waals surface area contributed by atoms with Gasteiger partial charge in [0.2, 0.25) is 0 Å². The van der Waals surface area contributed by atoms with Crippen LogP contribution in [0.25, 0.3) is 0 Å². The normalized spacial score (nSPS) is 10.0. The van der Waals surface area contributed by atoms with Crippen LogP contribution >= 0.6 is 15.9 Å². The first kappa shape index (κ1) is 9.48. The number of nitrogens with one attached hydrogen (secondary N) is 1. The van der Waals surface area contributed by atoms with Crippen molar-refractivity contribution < 1.29 is 4.39 Å². The molecule has 3 N–H and O–H groups in total. The number of anilines is 1. The fourth-order valence-corrected chi connectivity index (χ4v) is 1.44. The molecule has 2 nitrogen and oxygen atoms in total. The summed E-state index contributed by atoms with van der Waals surface area (Å²) in [5.41, 5.74) is 6.64. The lowest BCUT2D eigenvalue weighted by molar-refractivity contribution is 0.628. The van der Waals surface area contributed by atoms with E-state index in [0.29, 0.717) is 12.2 Å². The van der Waals surface area contributed by atoms with Gasteiger partial charge >= 0.3 is 0 Å². The Morgan fingerprint density at radius 1 is 1.58 bits per heavy atom. The molecule has 0 spiro atoms. The first-order valence-corrected chi connectivity index (χ1v) is 4.34. The minimum absolute atomic E-state index is 0.277. The Labute approximate surface area is 79.1 Å². The lowest BCUT2D eigenvalue weighted by Gasteiger charge is -2.06. The third-order valence-electron chi connectivity index (χ3n) is 1.63. The molecule has 0 aliphatic rings. The molecule has 0 atom stereocenters. The Kier molecular flexibility index (Phi) is 3.05. The highest BCUT2D eigenvalue weighted by Crippen LogP contribution is 2.23. The molecule has 0 aliphatic heterocycles. The van der Waals surface area contributed by atoms with Crippen molar-refractivity contribution in [2.24, 2.45) is 5.73 Å². The second-order valence-corrected chi connectivity index (χ2v) is 3.23. The molecular formula is C8H10BrFN2. The first-order chi connectivity index (χ1) is 5.69. The zero-order chi connectivity index (χ0) is 9.14. The molecule has 0 saturated heterocycles. The third-order valence-corrected chi connectivity index (χ3v) is 2.36. The van der Waals surface area contributed by atoms with Crippen molar-refractivity contribution in [3.05, 3.63) is 28.0 Å². The molecule has 0 aliphatic carbocycles. The summed E-state index contributed by atoms with van der Waals surface area (Å²) in [6.45, 7) is 0.335. The van der Waals surface area contributed by atoms with Crippen molar-refractivity contribution in [2.45, 2.75) is 6.54 Å². The first-order valence-electron chi connectivity index (χ1n) is 3.54. The van der Waals surface area contributed by atoms with Gasteiger partial charge in [-0.15, -0.1) is 0 Å². The molecule has 1 aromatic rings. The fourth-order valence-electron chi connectivity index (χ4n) is 0.936. The van der Waals surface area contributed by atoms with E-state index in [1.807, 2.05) is 0 Å². The van der Waals surface area contributed by atoms with Gasteiger partial charge in [-0.25, -0.2) is 4.39 Å². The van der Waals surface area contributed by atoms with Crippen LogP contribution in [0.2, 0.25) is 0 Å². The van der Waals surface area contributed by atoms with E-state index in [-0.39, 0.29) is 5.82 Å². The number of halogens is 2. The number of benzene rings is 1. The molecule has 4 heteroatoms. The smallest absolute Gasteiger partial charge is 0.146 e. The zero-order valence-corrected chi connectivity index (χ0v) is 8.28. The molecule has 0 fully saturated rings. The van der Waals surface area contributed by atoms with E-state index in [1.165, 1.54) is 6.07 Å². The van der Waals surface area contributed by atoms with E-state index in [9.17, 15) is 4.39 Å². The summed E-state index contributed by atoms with van der Waals surface area (Å²) in [5.74, 6) is -0.277. The molecule has 1 aromatic carbocycles. The van der Waals surface area contributed by atoms with Crippen LogP contribution < -0.4 is 11.1 Å². The van der Waals surface area contributed by atoms with E-state index in [2.05, 4.69) is 21.2 Å². The molecule has 12 heavy (non-hydrogen) atoms. The van der Waals surface area contributed by atoms with Gasteiger partial charge in [0.25, 0.3) is 0 Å². The standard InChI is InChI=1S/C8H10BrFN2/c1-12-8-3-6(9)5(4-11)2-7(8)10/h2-3,12H,4,11H2,1H3. The van der Waals surface area contributed by atoms with Crippen molar-refractivity contribution in [1.29, 1.82) is 0 Å². The molecule has 0 amide bonds. The molecule has 66 valence electrons. The predicted octanol–water partition coefficient (Wildman–Crippen LogP) is 2.09. The van der Waals surface area contributed by atoms with E-state index in [4.69, 9.17) is 5.73 Å². The molecule has 0 radical (unpaired) electrons. The number of hydrogen-bond acceptors (Lipinski definition) is 2. The summed E-state index contributed by atoms with van der Waals surface area (Å²) >= 11 is 3.30. The number of nitrogens with two attached hydrogens (primary N) is 1. The molecule has 0 bridgehead atoms. The van der Waals surface area contributed by atoms with Crippen LogP contribution in [-0.2, 0) is 6.54 Å². The topological polar surface area (TPSA) is 38.0 Å². The van der Waals surface area contributed by atoms with Crippen LogP contribution in [0.5, 0.6) is 0 Å². The average Bonchev–Trinajstić information content (AvgIpc) is 2.08. The quantitative estimate of drug-likeness (QED) is 0.820. The Morgan fingerprint density at radius 2 is 2.25 bits per heavy atom. The number of rotatable bonds is 2. The van der Waals surface area contributed by atoms with Crippen LogP contribution in [0.15, 0.2) is 16.6 Å². The van der Waals surface area contributed by atoms with Crippen LogP contribution in [0.3, 0.4) is 0 Å². The van der Waals surface area contributed by atoms with Gasteiger partial charge in [-0.3, -0.25) is 0 Å². The summed E-state index contributed by atoms with van der Waals surface area (Å²) < 4.78 is 13.9. The van der Waals surface area contributed by atoms with Crippen LogP contribution in [0.4, 0.5) is 10.1 Å². The SMILES string of the molecule is CNc1cc(Br)c(CN)cc1F. The van der Waals surface area contributed by atoms with E-state index < -0.39 is 0 Å². The third kappa shape index (κ3) is 1.76. The number of hydrogen-bond donors (Lipinski definition) is 2. The molecule has 0 heterocycles. The second-order valence-electron chi connectivity index (χ2n) is 2.38. The van der Waals surface area contributed by atoms with E-state index >= 15 is 0 Å². The second kappa shape index (κ2) is 3.87. The zero-order valence-electron chi connectivity index (χ0n) is 6.70. The Bertz CT molecular complexity index is 259. The predicted molar refractivity (Wildman–Crippen MR) is 51.5 cm³/mol. The Balaban J connectivity index is 3.16. The maximum Gasteiger partial charge on any atom is 0.146 e. The van der Waals surface area contributed by atoms with Crippen LogP contribution in [0.1, 0.15) is 5.56 Å². The maximum absolute atomic E-state index is 13.1. The highest BCUT2D eigenvalue weighted by Gasteiger charge is 2.05. The van der Waals surface area contributed by atoms with Crippen LogP contribution in [-0.4, -0.2) is 7.05 Å². The summed E-state index contributed by atoms with van der Waals surface area (Å²) in [6.07, 6.45) is 0. The molecule has 0 saturated carbocycles. The summed E-state index contributed by atoms with van der Waals surface area (Å²) in [4.78, 5) is 0. The summed E-state index contributed by atoms with van der Waals surface area (Å²) in [5, 5.41) is 2.74. The Morgan fingerprint density at radius 3 is 2.75 bits per heavy atom. The highest BCUT2D eigenvalue weighted by atomic mass is 79.9. The summed E-state index contributed by atoms with van der Waals surface area (Å²) in [7, 11) is 1.67. The van der Waals surface area contributed by atoms with Gasteiger partial charge in [0.05, 0.1) is 5.69 Å². The minimum Gasteiger partial charge on any atom is -0.386 e. The lowest BCUT2D eigenvalue weighted by atomic mass is 10.2. The van der Waals surface area contributed by atoms with Gasteiger partial charge in [-0.05, 0) is 17.7 Å². The maximum atomic E-state index is 13.1. The molecule has 0 unspecified atom stereocenters. The van der Waals surface area contributed by atoms with Crippen molar-refractivity contribution in [3.63, 3.8) is 0 Å². The lowest BCUT2D eigenvalue weighted by Crippen LogP contribution is -2.00. The van der Waals surface area contributed by atoms with Crippen molar-refractivity contribution >= 4 is 21.6 Å². The summed E-state index contributed by atoms with van der Waals surface area (Å²) in [6, 6.07) is 3.10. The highest BCUT2D eigenvalue weighted by molar-refractivity contribution is 9.10. The molecule has 1 rings (SSSR count). The molecular weight excluding hydrogens is 223 g/mol. The van der Waals surface area contributed by atoms with Gasteiger partial charge in [0.1, 0.15) is 5.82 Å². The fraction of sp³-hybridized carbons (Fsp3) is 0.250. The van der Waals surface area contributed by atoms with E-state index in [1.54, 1.807) is 13.1 Å². The van der Waals surface area contributed by atoms with Crippen molar-refractivity contribution in [3.8, 4) is 0 Å². The Hall–Kier alpha value is -0.610. The largest absolute Gasteiger partial charge is 0.386 e. The van der Waals surface area contributed by atoms with Crippen molar-refractivity contribution in [1.82, 2.24) is 0 Å².